The molecule has 1 fully saturated rings. The molecular formula is C15H19N5O. The summed E-state index contributed by atoms with van der Waals surface area (Å²) in [6, 6.07) is 7.79. The monoisotopic (exact) mass is 285 g/mol. The number of carbonyl (C=O) groups excluding carboxylic acids is 1. The summed E-state index contributed by atoms with van der Waals surface area (Å²) < 4.78 is 0. The van der Waals surface area contributed by atoms with Crippen molar-refractivity contribution in [2.45, 2.75) is 25.3 Å². The number of aromatic nitrogens is 3. The Bertz CT molecular complexity index is 628. The van der Waals surface area contributed by atoms with E-state index in [2.05, 4.69) is 25.4 Å². The van der Waals surface area contributed by atoms with Crippen LogP contribution in [-0.4, -0.2) is 40.1 Å². The lowest BCUT2D eigenvalue weighted by atomic mass is 10.2. The average molecular weight is 285 g/mol. The molecule has 2 aromatic rings. The number of carbonyl (C=O) groups is 1. The van der Waals surface area contributed by atoms with E-state index in [1.165, 1.54) is 5.56 Å². The number of H-pyrrole nitrogens is 1. The van der Waals surface area contributed by atoms with Crippen molar-refractivity contribution >= 4 is 11.6 Å². The van der Waals surface area contributed by atoms with E-state index in [0.717, 1.165) is 30.9 Å². The van der Waals surface area contributed by atoms with Crippen LogP contribution in [0, 0.1) is 0 Å². The SMILES string of the molecule is CN(C)Cc1ccc(NC(=O)c2n[nH]c(C3CC3)n2)cc1. The van der Waals surface area contributed by atoms with Gasteiger partial charge in [-0.05, 0) is 44.6 Å². The lowest BCUT2D eigenvalue weighted by Gasteiger charge is -2.10. The lowest BCUT2D eigenvalue weighted by Crippen LogP contribution is -2.14. The zero-order valence-corrected chi connectivity index (χ0v) is 12.3. The van der Waals surface area contributed by atoms with Crippen molar-refractivity contribution < 1.29 is 4.79 Å². The van der Waals surface area contributed by atoms with Crippen LogP contribution in [0.25, 0.3) is 0 Å². The molecule has 1 aliphatic rings. The topological polar surface area (TPSA) is 73.9 Å². The van der Waals surface area contributed by atoms with Crippen molar-refractivity contribution in [3.63, 3.8) is 0 Å². The minimum absolute atomic E-state index is 0.203. The summed E-state index contributed by atoms with van der Waals surface area (Å²) in [6.45, 7) is 0.875. The van der Waals surface area contributed by atoms with Crippen LogP contribution in [0.4, 0.5) is 5.69 Å². The smallest absolute Gasteiger partial charge is 0.295 e. The molecule has 2 N–H and O–H groups in total. The fourth-order valence-electron chi connectivity index (χ4n) is 2.16. The van der Waals surface area contributed by atoms with Crippen molar-refractivity contribution in [2.75, 3.05) is 19.4 Å². The lowest BCUT2D eigenvalue weighted by molar-refractivity contribution is 0.101. The van der Waals surface area contributed by atoms with Crippen molar-refractivity contribution in [1.82, 2.24) is 20.1 Å². The predicted molar refractivity (Wildman–Crippen MR) is 80.1 cm³/mol. The number of nitrogens with one attached hydrogen (secondary N) is 2. The summed E-state index contributed by atoms with van der Waals surface area (Å²) in [7, 11) is 4.05. The van der Waals surface area contributed by atoms with E-state index >= 15 is 0 Å². The molecule has 0 unspecified atom stereocenters. The van der Waals surface area contributed by atoms with Crippen molar-refractivity contribution in [3.05, 3.63) is 41.5 Å². The van der Waals surface area contributed by atoms with E-state index < -0.39 is 0 Å². The summed E-state index contributed by atoms with van der Waals surface area (Å²) in [6.07, 6.45) is 2.26. The van der Waals surface area contributed by atoms with Gasteiger partial charge in [-0.2, -0.15) is 0 Å². The van der Waals surface area contributed by atoms with Gasteiger partial charge in [0.1, 0.15) is 5.82 Å². The number of rotatable bonds is 5. The van der Waals surface area contributed by atoms with Gasteiger partial charge in [0.15, 0.2) is 0 Å². The molecule has 1 aromatic heterocycles. The zero-order chi connectivity index (χ0) is 14.8. The molecule has 1 aliphatic carbocycles. The van der Waals surface area contributed by atoms with Gasteiger partial charge in [-0.15, -0.1) is 5.10 Å². The summed E-state index contributed by atoms with van der Waals surface area (Å²) in [4.78, 5) is 18.4. The fourth-order valence-corrected chi connectivity index (χ4v) is 2.16. The van der Waals surface area contributed by atoms with Crippen molar-refractivity contribution in [2.24, 2.45) is 0 Å². The molecule has 0 radical (unpaired) electrons. The van der Waals surface area contributed by atoms with Crippen LogP contribution in [0.3, 0.4) is 0 Å². The van der Waals surface area contributed by atoms with Gasteiger partial charge in [-0.25, -0.2) is 4.98 Å². The number of amides is 1. The Morgan fingerprint density at radius 3 is 2.67 bits per heavy atom. The highest BCUT2D eigenvalue weighted by Gasteiger charge is 2.28. The first-order valence-electron chi connectivity index (χ1n) is 7.09. The van der Waals surface area contributed by atoms with Crippen LogP contribution in [0.2, 0.25) is 0 Å². The van der Waals surface area contributed by atoms with Gasteiger partial charge in [0, 0.05) is 18.2 Å². The van der Waals surface area contributed by atoms with E-state index in [0.29, 0.717) is 5.92 Å². The molecule has 6 heteroatoms. The Balaban J connectivity index is 1.63. The third-order valence-electron chi connectivity index (χ3n) is 3.38. The highest BCUT2D eigenvalue weighted by molar-refractivity contribution is 6.01. The molecule has 21 heavy (non-hydrogen) atoms. The summed E-state index contributed by atoms with van der Waals surface area (Å²) >= 11 is 0. The van der Waals surface area contributed by atoms with Crippen molar-refractivity contribution in [1.29, 1.82) is 0 Å². The maximum absolute atomic E-state index is 12.1. The standard InChI is InChI=1S/C15H19N5O/c1-20(2)9-10-3-7-12(8-4-10)16-15(21)14-17-13(18-19-14)11-5-6-11/h3-4,7-8,11H,5-6,9H2,1-2H3,(H,16,21)(H,17,18,19). The first-order chi connectivity index (χ1) is 10.1. The fraction of sp³-hybridized carbons (Fsp3) is 0.400. The molecule has 0 bridgehead atoms. The number of hydrogen-bond donors (Lipinski definition) is 2. The molecule has 1 aromatic carbocycles. The Kier molecular flexibility index (Phi) is 3.70. The van der Waals surface area contributed by atoms with Crippen molar-refractivity contribution in [3.8, 4) is 0 Å². The highest BCUT2D eigenvalue weighted by Crippen LogP contribution is 2.37. The van der Waals surface area contributed by atoms with Crippen LogP contribution < -0.4 is 5.32 Å². The second kappa shape index (κ2) is 5.65. The van der Waals surface area contributed by atoms with Crippen LogP contribution in [0.5, 0.6) is 0 Å². The van der Waals surface area contributed by atoms with Gasteiger partial charge in [-0.3, -0.25) is 9.89 Å². The molecule has 1 heterocycles. The molecule has 0 saturated heterocycles. The van der Waals surface area contributed by atoms with Crippen LogP contribution in [-0.2, 0) is 6.54 Å². The third-order valence-corrected chi connectivity index (χ3v) is 3.38. The maximum Gasteiger partial charge on any atom is 0.295 e. The highest BCUT2D eigenvalue weighted by atomic mass is 16.2. The van der Waals surface area contributed by atoms with Crippen LogP contribution >= 0.6 is 0 Å². The molecule has 3 rings (SSSR count). The van der Waals surface area contributed by atoms with E-state index in [4.69, 9.17) is 0 Å². The zero-order valence-electron chi connectivity index (χ0n) is 12.3. The molecule has 1 saturated carbocycles. The Morgan fingerprint density at radius 2 is 2.05 bits per heavy atom. The summed E-state index contributed by atoms with van der Waals surface area (Å²) in [5.74, 6) is 1.21. The molecule has 110 valence electrons. The maximum atomic E-state index is 12.1. The average Bonchev–Trinajstić information content (AvgIpc) is 3.18. The summed E-state index contributed by atoms with van der Waals surface area (Å²) in [5.41, 5.74) is 1.95. The van der Waals surface area contributed by atoms with Gasteiger partial charge in [-0.1, -0.05) is 12.1 Å². The van der Waals surface area contributed by atoms with Gasteiger partial charge >= 0.3 is 0 Å². The second-order valence-electron chi connectivity index (χ2n) is 5.71. The minimum Gasteiger partial charge on any atom is -0.319 e. The Morgan fingerprint density at radius 1 is 1.33 bits per heavy atom. The number of hydrogen-bond acceptors (Lipinski definition) is 4. The normalized spacial score (nSPS) is 14.4. The quantitative estimate of drug-likeness (QED) is 0.881. The predicted octanol–water partition coefficient (Wildman–Crippen LogP) is 2.00. The number of nitrogens with zero attached hydrogens (tertiary/aromatic N) is 3. The van der Waals surface area contributed by atoms with Gasteiger partial charge in [0.2, 0.25) is 5.82 Å². The van der Waals surface area contributed by atoms with E-state index in [1.807, 2.05) is 38.4 Å². The first kappa shape index (κ1) is 13.8. The Labute approximate surface area is 123 Å². The summed E-state index contributed by atoms with van der Waals surface area (Å²) in [5, 5.41) is 9.63. The number of anilines is 1. The molecule has 0 spiro atoms. The largest absolute Gasteiger partial charge is 0.319 e. The van der Waals surface area contributed by atoms with Gasteiger partial charge < -0.3 is 10.2 Å². The van der Waals surface area contributed by atoms with E-state index in [-0.39, 0.29) is 11.7 Å². The van der Waals surface area contributed by atoms with Crippen LogP contribution in [0.1, 0.15) is 40.8 Å². The molecular weight excluding hydrogens is 266 g/mol. The molecule has 1 amide bonds. The van der Waals surface area contributed by atoms with E-state index in [9.17, 15) is 4.79 Å². The van der Waals surface area contributed by atoms with Crippen LogP contribution in [0.15, 0.2) is 24.3 Å². The van der Waals surface area contributed by atoms with E-state index in [1.54, 1.807) is 0 Å². The van der Waals surface area contributed by atoms with Gasteiger partial charge in [0.25, 0.3) is 5.91 Å². The number of aromatic amines is 1. The third kappa shape index (κ3) is 3.46. The second-order valence-corrected chi connectivity index (χ2v) is 5.71. The molecule has 6 nitrogen and oxygen atoms in total. The minimum atomic E-state index is -0.279. The Hall–Kier alpha value is -2.21. The number of benzene rings is 1. The van der Waals surface area contributed by atoms with Gasteiger partial charge in [0.05, 0.1) is 0 Å². The molecule has 0 atom stereocenters. The molecule has 0 aliphatic heterocycles. The first-order valence-corrected chi connectivity index (χ1v) is 7.09.